The fourth-order valence-electron chi connectivity index (χ4n) is 2.60. The van der Waals surface area contributed by atoms with Crippen molar-refractivity contribution in [2.45, 2.75) is 26.9 Å². The van der Waals surface area contributed by atoms with Crippen LogP contribution in [-0.2, 0) is 0 Å². The topological polar surface area (TPSA) is 90.1 Å². The highest BCUT2D eigenvalue weighted by Crippen LogP contribution is 2.33. The Hall–Kier alpha value is -3.04. The van der Waals surface area contributed by atoms with E-state index in [0.29, 0.717) is 28.1 Å². The summed E-state index contributed by atoms with van der Waals surface area (Å²) in [5.74, 6) is 1.41. The van der Waals surface area contributed by atoms with E-state index in [9.17, 15) is 4.79 Å². The molecule has 1 amide bonds. The van der Waals surface area contributed by atoms with Gasteiger partial charge in [0.2, 0.25) is 5.82 Å². The summed E-state index contributed by atoms with van der Waals surface area (Å²) < 4.78 is 11.0. The molecule has 0 saturated heterocycles. The molecule has 3 aromatic heterocycles. The van der Waals surface area contributed by atoms with Crippen molar-refractivity contribution >= 4 is 33.7 Å². The molecule has 9 heteroatoms. The van der Waals surface area contributed by atoms with Crippen LogP contribution >= 0.6 is 22.7 Å². The van der Waals surface area contributed by atoms with Gasteiger partial charge >= 0.3 is 0 Å². The van der Waals surface area contributed by atoms with Crippen molar-refractivity contribution in [1.82, 2.24) is 15.1 Å². The third kappa shape index (κ3) is 4.36. The number of amides is 1. The number of aromatic nitrogens is 3. The number of ether oxygens (including phenoxy) is 1. The van der Waals surface area contributed by atoms with E-state index in [1.165, 1.54) is 11.3 Å². The summed E-state index contributed by atoms with van der Waals surface area (Å²) in [4.78, 5) is 23.1. The van der Waals surface area contributed by atoms with Crippen molar-refractivity contribution in [3.63, 3.8) is 0 Å². The molecule has 0 aliphatic carbocycles. The number of carbonyl (C=O) groups excluding carboxylic acids is 1. The number of hydrogen-bond acceptors (Lipinski definition) is 8. The molecule has 0 unspecified atom stereocenters. The fraction of sp³-hybridized carbons (Fsp3) is 0.200. The third-order valence-electron chi connectivity index (χ3n) is 3.87. The number of thiophene rings is 1. The van der Waals surface area contributed by atoms with Gasteiger partial charge in [0.1, 0.15) is 10.6 Å². The van der Waals surface area contributed by atoms with E-state index in [1.807, 2.05) is 38.3 Å². The first kappa shape index (κ1) is 19.3. The summed E-state index contributed by atoms with van der Waals surface area (Å²) in [5, 5.41) is 9.28. The Kier molecular flexibility index (Phi) is 5.41. The van der Waals surface area contributed by atoms with Gasteiger partial charge in [0.15, 0.2) is 5.13 Å². The summed E-state index contributed by atoms with van der Waals surface area (Å²) in [6.07, 6.45) is 0.0800. The Morgan fingerprint density at radius 2 is 1.97 bits per heavy atom. The smallest absolute Gasteiger partial charge is 0.270 e. The van der Waals surface area contributed by atoms with Crippen LogP contribution < -0.4 is 10.1 Å². The quantitative estimate of drug-likeness (QED) is 0.452. The van der Waals surface area contributed by atoms with E-state index >= 15 is 0 Å². The van der Waals surface area contributed by atoms with Gasteiger partial charge in [-0.3, -0.25) is 10.1 Å². The first-order valence-corrected chi connectivity index (χ1v) is 10.6. The fourth-order valence-corrected chi connectivity index (χ4v) is 4.13. The molecule has 0 radical (unpaired) electrons. The van der Waals surface area contributed by atoms with Crippen molar-refractivity contribution in [2.24, 2.45) is 0 Å². The molecule has 0 aliphatic heterocycles. The molecule has 0 spiro atoms. The molecule has 0 saturated carbocycles. The number of nitrogens with one attached hydrogen (secondary N) is 1. The molecule has 0 atom stereocenters. The number of aryl methyl sites for hydroxylation is 1. The van der Waals surface area contributed by atoms with E-state index in [-0.39, 0.29) is 12.0 Å². The van der Waals surface area contributed by atoms with Crippen molar-refractivity contribution in [3.8, 4) is 27.2 Å². The third-order valence-corrected chi connectivity index (χ3v) is 5.79. The number of anilines is 1. The van der Waals surface area contributed by atoms with Crippen LogP contribution in [-0.4, -0.2) is 27.1 Å². The summed E-state index contributed by atoms with van der Waals surface area (Å²) in [6.45, 7) is 5.75. The van der Waals surface area contributed by atoms with Gasteiger partial charge in [-0.1, -0.05) is 22.6 Å². The molecule has 148 valence electrons. The Morgan fingerprint density at radius 1 is 1.17 bits per heavy atom. The van der Waals surface area contributed by atoms with Gasteiger partial charge in [-0.15, -0.1) is 11.3 Å². The summed E-state index contributed by atoms with van der Waals surface area (Å²) in [7, 11) is 0. The molecule has 29 heavy (non-hydrogen) atoms. The second-order valence-electron chi connectivity index (χ2n) is 6.48. The molecular formula is C20H18N4O3S2. The van der Waals surface area contributed by atoms with Crippen molar-refractivity contribution in [3.05, 3.63) is 53.0 Å². The van der Waals surface area contributed by atoms with E-state index in [2.05, 4.69) is 20.4 Å². The van der Waals surface area contributed by atoms with Gasteiger partial charge in [-0.25, -0.2) is 4.98 Å². The minimum absolute atomic E-state index is 0.0800. The number of benzene rings is 1. The van der Waals surface area contributed by atoms with Crippen molar-refractivity contribution < 1.29 is 14.1 Å². The minimum Gasteiger partial charge on any atom is -0.491 e. The van der Waals surface area contributed by atoms with Crippen LogP contribution in [0, 0.1) is 6.92 Å². The minimum atomic E-state index is -0.244. The maximum absolute atomic E-state index is 12.5. The van der Waals surface area contributed by atoms with E-state index < -0.39 is 0 Å². The van der Waals surface area contributed by atoms with E-state index in [1.54, 1.807) is 35.6 Å². The normalized spacial score (nSPS) is 11.0. The molecule has 4 rings (SSSR count). The average Bonchev–Trinajstić information content (AvgIpc) is 3.42. The lowest BCUT2D eigenvalue weighted by atomic mass is 10.2. The number of hydrogen-bond donors (Lipinski definition) is 1. The standard InChI is InChI=1S/C20H18N4O3S2/c1-11(2)26-14-8-6-13(7-9-14)18(25)23-20-21-12(3)16(29-20)19-22-17(24-27-19)15-5-4-10-28-15/h4-11H,1-3H3,(H,21,23,25). The zero-order chi connectivity index (χ0) is 20.4. The number of nitrogens with zero attached hydrogens (tertiary/aromatic N) is 3. The lowest BCUT2D eigenvalue weighted by molar-refractivity contribution is 0.102. The molecule has 1 aromatic carbocycles. The SMILES string of the molecule is Cc1nc(NC(=O)c2ccc(OC(C)C)cc2)sc1-c1nc(-c2cccs2)no1. The van der Waals surface area contributed by atoms with Crippen LogP contribution in [0.2, 0.25) is 0 Å². The average molecular weight is 427 g/mol. The highest BCUT2D eigenvalue weighted by molar-refractivity contribution is 7.19. The van der Waals surface area contributed by atoms with Gasteiger partial charge in [0.25, 0.3) is 11.8 Å². The zero-order valence-electron chi connectivity index (χ0n) is 16.0. The monoisotopic (exact) mass is 426 g/mol. The predicted octanol–water partition coefficient (Wildman–Crippen LogP) is 5.27. The number of thiazole rings is 1. The molecule has 1 N–H and O–H groups in total. The van der Waals surface area contributed by atoms with E-state index in [4.69, 9.17) is 9.26 Å². The summed E-state index contributed by atoms with van der Waals surface area (Å²) in [6, 6.07) is 10.9. The van der Waals surface area contributed by atoms with Crippen LogP contribution in [0.5, 0.6) is 5.75 Å². The Morgan fingerprint density at radius 3 is 2.66 bits per heavy atom. The number of rotatable bonds is 6. The Bertz CT molecular complexity index is 1120. The van der Waals surface area contributed by atoms with Crippen LogP contribution in [0.1, 0.15) is 29.9 Å². The van der Waals surface area contributed by atoms with Crippen molar-refractivity contribution in [1.29, 1.82) is 0 Å². The van der Waals surface area contributed by atoms with Gasteiger partial charge in [0, 0.05) is 5.56 Å². The zero-order valence-corrected chi connectivity index (χ0v) is 17.6. The molecule has 0 aliphatic rings. The van der Waals surface area contributed by atoms with E-state index in [0.717, 1.165) is 15.5 Å². The van der Waals surface area contributed by atoms with Crippen LogP contribution in [0.25, 0.3) is 21.5 Å². The second-order valence-corrected chi connectivity index (χ2v) is 8.43. The predicted molar refractivity (Wildman–Crippen MR) is 114 cm³/mol. The second kappa shape index (κ2) is 8.14. The van der Waals surface area contributed by atoms with Gasteiger partial charge in [-0.2, -0.15) is 4.98 Å². The first-order valence-electron chi connectivity index (χ1n) is 8.93. The first-order chi connectivity index (χ1) is 14.0. The lowest BCUT2D eigenvalue weighted by Gasteiger charge is -2.09. The molecule has 0 bridgehead atoms. The molecule has 4 aromatic rings. The molecule has 0 fully saturated rings. The van der Waals surface area contributed by atoms with Crippen LogP contribution in [0.4, 0.5) is 5.13 Å². The maximum atomic E-state index is 12.5. The summed E-state index contributed by atoms with van der Waals surface area (Å²) in [5.41, 5.74) is 1.24. The Balaban J connectivity index is 1.49. The molecule has 7 nitrogen and oxygen atoms in total. The lowest BCUT2D eigenvalue weighted by Crippen LogP contribution is -2.12. The van der Waals surface area contributed by atoms with Crippen LogP contribution in [0.15, 0.2) is 46.3 Å². The van der Waals surface area contributed by atoms with Gasteiger partial charge in [-0.05, 0) is 56.5 Å². The van der Waals surface area contributed by atoms with Gasteiger partial charge in [0.05, 0.1) is 16.7 Å². The largest absolute Gasteiger partial charge is 0.491 e. The highest BCUT2D eigenvalue weighted by atomic mass is 32.1. The van der Waals surface area contributed by atoms with Crippen LogP contribution in [0.3, 0.4) is 0 Å². The molecule has 3 heterocycles. The highest BCUT2D eigenvalue weighted by Gasteiger charge is 2.19. The van der Waals surface area contributed by atoms with Crippen molar-refractivity contribution in [2.75, 3.05) is 5.32 Å². The summed E-state index contributed by atoms with van der Waals surface area (Å²) >= 11 is 2.84. The maximum Gasteiger partial charge on any atom is 0.270 e. The number of carbonyl (C=O) groups is 1. The molecular weight excluding hydrogens is 408 g/mol. The van der Waals surface area contributed by atoms with Gasteiger partial charge < -0.3 is 9.26 Å². The Labute approximate surface area is 175 Å².